The zero-order chi connectivity index (χ0) is 23.7. The molecule has 3 N–H and O–H groups in total. The Labute approximate surface area is 198 Å². The van der Waals surface area contributed by atoms with Gasteiger partial charge in [0.2, 0.25) is 5.95 Å². The van der Waals surface area contributed by atoms with Crippen molar-refractivity contribution < 1.29 is 9.47 Å². The highest BCUT2D eigenvalue weighted by atomic mass is 16.5. The maximum atomic E-state index is 6.15. The van der Waals surface area contributed by atoms with Crippen LogP contribution in [0.5, 0.6) is 11.5 Å². The van der Waals surface area contributed by atoms with Crippen molar-refractivity contribution in [1.29, 1.82) is 0 Å². The molecule has 1 aliphatic rings. The Morgan fingerprint density at radius 1 is 1.03 bits per heavy atom. The lowest BCUT2D eigenvalue weighted by Crippen LogP contribution is -2.46. The van der Waals surface area contributed by atoms with Crippen molar-refractivity contribution in [3.05, 3.63) is 54.5 Å². The largest absolute Gasteiger partial charge is 0.493 e. The third kappa shape index (κ3) is 4.60. The van der Waals surface area contributed by atoms with E-state index < -0.39 is 0 Å². The van der Waals surface area contributed by atoms with Crippen LogP contribution < -0.4 is 20.1 Å². The number of hydrogen-bond donors (Lipinski definition) is 3. The minimum atomic E-state index is 0.218. The highest BCUT2D eigenvalue weighted by molar-refractivity contribution is 5.83. The molecule has 0 bridgehead atoms. The molecule has 9 nitrogen and oxygen atoms in total. The summed E-state index contributed by atoms with van der Waals surface area (Å²) < 4.78 is 11.7. The number of aromatic amines is 1. The number of benzene rings is 1. The fraction of sp³-hybridized carbons (Fsp3) is 0.320. The number of pyridine rings is 1. The van der Waals surface area contributed by atoms with Crippen LogP contribution in [0.15, 0.2) is 48.9 Å². The molecule has 1 fully saturated rings. The molecule has 0 amide bonds. The standard InChI is InChI=1S/C25H29N7O2/c1-15-13-27-24-20(15)9-17(14-28-24)29-23-7-8-26-25(31-23)30-16-5-6-21(22(10-16)33-4)34-19-11-18(12-19)32(2)3/h5-10,13-14,18-19H,11-12H2,1-4H3,(H,27,28)(H2,26,29,30,31). The Bertz CT molecular complexity index is 1300. The number of H-pyrrole nitrogens is 1. The summed E-state index contributed by atoms with van der Waals surface area (Å²) in [5.41, 5.74) is 3.68. The van der Waals surface area contributed by atoms with E-state index in [1.165, 1.54) is 0 Å². The number of nitrogens with one attached hydrogen (secondary N) is 3. The van der Waals surface area contributed by atoms with Gasteiger partial charge < -0.3 is 30.0 Å². The van der Waals surface area contributed by atoms with E-state index in [0.717, 1.165) is 46.6 Å². The number of rotatable bonds is 8. The zero-order valence-corrected chi connectivity index (χ0v) is 19.8. The number of fused-ring (bicyclic) bond motifs is 1. The van der Waals surface area contributed by atoms with Gasteiger partial charge in [0, 0.05) is 35.6 Å². The van der Waals surface area contributed by atoms with E-state index in [-0.39, 0.29) is 6.10 Å². The maximum absolute atomic E-state index is 6.15. The number of ether oxygens (including phenoxy) is 2. The molecule has 0 radical (unpaired) electrons. The third-order valence-corrected chi connectivity index (χ3v) is 6.18. The minimum absolute atomic E-state index is 0.218. The van der Waals surface area contributed by atoms with Gasteiger partial charge in [-0.2, -0.15) is 4.98 Å². The molecule has 0 spiro atoms. The molecule has 0 aliphatic heterocycles. The van der Waals surface area contributed by atoms with Crippen LogP contribution in [0.2, 0.25) is 0 Å². The van der Waals surface area contributed by atoms with Crippen molar-refractivity contribution in [2.24, 2.45) is 0 Å². The first-order valence-electron chi connectivity index (χ1n) is 11.3. The molecule has 1 saturated carbocycles. The Hall–Kier alpha value is -3.85. The zero-order valence-electron chi connectivity index (χ0n) is 19.8. The van der Waals surface area contributed by atoms with Gasteiger partial charge in [0.05, 0.1) is 19.0 Å². The highest BCUT2D eigenvalue weighted by Gasteiger charge is 2.32. The van der Waals surface area contributed by atoms with E-state index in [9.17, 15) is 0 Å². The first kappa shape index (κ1) is 22.0. The van der Waals surface area contributed by atoms with Crippen LogP contribution in [0.3, 0.4) is 0 Å². The quantitative estimate of drug-likeness (QED) is 0.351. The van der Waals surface area contributed by atoms with E-state index in [0.29, 0.717) is 23.6 Å². The van der Waals surface area contributed by atoms with Crippen LogP contribution in [0.25, 0.3) is 11.0 Å². The number of hydrogen-bond acceptors (Lipinski definition) is 8. The van der Waals surface area contributed by atoms with E-state index >= 15 is 0 Å². The Balaban J connectivity index is 1.26. The summed E-state index contributed by atoms with van der Waals surface area (Å²) in [4.78, 5) is 18.8. The first-order valence-corrected chi connectivity index (χ1v) is 11.3. The van der Waals surface area contributed by atoms with Crippen LogP contribution in [0, 0.1) is 6.92 Å². The van der Waals surface area contributed by atoms with E-state index in [2.05, 4.69) is 55.6 Å². The predicted molar refractivity (Wildman–Crippen MR) is 134 cm³/mol. The van der Waals surface area contributed by atoms with E-state index in [4.69, 9.17) is 9.47 Å². The molecule has 0 saturated heterocycles. The van der Waals surface area contributed by atoms with Crippen molar-refractivity contribution in [2.45, 2.75) is 31.9 Å². The van der Waals surface area contributed by atoms with Gasteiger partial charge in [0.1, 0.15) is 17.6 Å². The summed E-state index contributed by atoms with van der Waals surface area (Å²) in [6.45, 7) is 2.05. The van der Waals surface area contributed by atoms with E-state index in [1.807, 2.05) is 37.4 Å². The molecule has 1 aromatic carbocycles. The average Bonchev–Trinajstić information content (AvgIpc) is 3.16. The lowest BCUT2D eigenvalue weighted by atomic mass is 9.88. The Kier molecular flexibility index (Phi) is 5.93. The van der Waals surface area contributed by atoms with Crippen LogP contribution in [-0.2, 0) is 0 Å². The summed E-state index contributed by atoms with van der Waals surface area (Å²) in [7, 11) is 5.85. The Morgan fingerprint density at radius 2 is 1.88 bits per heavy atom. The maximum Gasteiger partial charge on any atom is 0.229 e. The molecule has 0 atom stereocenters. The molecule has 3 heterocycles. The second kappa shape index (κ2) is 9.18. The number of anilines is 4. The SMILES string of the molecule is COc1cc(Nc2nccc(Nc3cnc4[nH]cc(C)c4c3)n2)ccc1OC1CC(N(C)C)C1. The lowest BCUT2D eigenvalue weighted by molar-refractivity contribution is 0.0383. The van der Waals surface area contributed by atoms with Gasteiger partial charge in [-0.15, -0.1) is 0 Å². The summed E-state index contributed by atoms with van der Waals surface area (Å²) in [6, 6.07) is 10.2. The predicted octanol–water partition coefficient (Wildman–Crippen LogP) is 4.63. The van der Waals surface area contributed by atoms with Gasteiger partial charge in [0.15, 0.2) is 11.5 Å². The van der Waals surface area contributed by atoms with Gasteiger partial charge in [-0.05, 0) is 63.7 Å². The molecule has 3 aromatic heterocycles. The topological polar surface area (TPSA) is 100 Å². The molecule has 1 aliphatic carbocycles. The molecule has 5 rings (SSSR count). The molecular weight excluding hydrogens is 430 g/mol. The molecule has 176 valence electrons. The lowest BCUT2D eigenvalue weighted by Gasteiger charge is -2.39. The second-order valence-corrected chi connectivity index (χ2v) is 8.80. The summed E-state index contributed by atoms with van der Waals surface area (Å²) in [5.74, 6) is 2.56. The number of aryl methyl sites for hydroxylation is 1. The monoisotopic (exact) mass is 459 g/mol. The highest BCUT2D eigenvalue weighted by Crippen LogP contribution is 2.36. The number of methoxy groups -OCH3 is 1. The fourth-order valence-electron chi connectivity index (χ4n) is 4.05. The van der Waals surface area contributed by atoms with Gasteiger partial charge in [-0.25, -0.2) is 9.97 Å². The molecular formula is C25H29N7O2. The normalized spacial score (nSPS) is 17.4. The first-order chi connectivity index (χ1) is 16.5. The Morgan fingerprint density at radius 3 is 2.68 bits per heavy atom. The van der Waals surface area contributed by atoms with Crippen LogP contribution in [0.1, 0.15) is 18.4 Å². The van der Waals surface area contributed by atoms with Gasteiger partial charge in [-0.3, -0.25) is 0 Å². The van der Waals surface area contributed by atoms with E-state index in [1.54, 1.807) is 19.5 Å². The van der Waals surface area contributed by atoms with Crippen molar-refractivity contribution in [3.63, 3.8) is 0 Å². The fourth-order valence-corrected chi connectivity index (χ4v) is 4.05. The smallest absolute Gasteiger partial charge is 0.229 e. The van der Waals surface area contributed by atoms with Gasteiger partial charge in [-0.1, -0.05) is 0 Å². The van der Waals surface area contributed by atoms with Crippen molar-refractivity contribution in [3.8, 4) is 11.5 Å². The van der Waals surface area contributed by atoms with Gasteiger partial charge >= 0.3 is 0 Å². The summed E-state index contributed by atoms with van der Waals surface area (Å²) in [6.07, 6.45) is 7.70. The molecule has 4 aromatic rings. The van der Waals surface area contributed by atoms with Crippen LogP contribution in [-0.4, -0.2) is 58.2 Å². The molecule has 34 heavy (non-hydrogen) atoms. The van der Waals surface area contributed by atoms with Gasteiger partial charge in [0.25, 0.3) is 0 Å². The molecule has 0 unspecified atom stereocenters. The number of nitrogens with zero attached hydrogens (tertiary/aromatic N) is 4. The second-order valence-electron chi connectivity index (χ2n) is 8.80. The van der Waals surface area contributed by atoms with Crippen molar-refractivity contribution >= 4 is 34.2 Å². The summed E-state index contributed by atoms with van der Waals surface area (Å²) in [5, 5.41) is 7.62. The van der Waals surface area contributed by atoms with Crippen molar-refractivity contribution in [2.75, 3.05) is 31.8 Å². The minimum Gasteiger partial charge on any atom is -0.493 e. The van der Waals surface area contributed by atoms with Crippen LogP contribution >= 0.6 is 0 Å². The third-order valence-electron chi connectivity index (χ3n) is 6.18. The number of aromatic nitrogens is 4. The van der Waals surface area contributed by atoms with Crippen LogP contribution in [0.4, 0.5) is 23.1 Å². The average molecular weight is 460 g/mol. The van der Waals surface area contributed by atoms with Crippen molar-refractivity contribution in [1.82, 2.24) is 24.8 Å². The molecule has 9 heteroatoms. The summed E-state index contributed by atoms with van der Waals surface area (Å²) >= 11 is 0.